The highest BCUT2D eigenvalue weighted by atomic mass is 16.3. The Bertz CT molecular complexity index is 269. The molecular formula is C9H11NO. The van der Waals surface area contributed by atoms with Crippen LogP contribution < -0.4 is 5.73 Å². The van der Waals surface area contributed by atoms with Gasteiger partial charge in [0.25, 0.3) is 0 Å². The molecule has 58 valence electrons. The minimum absolute atomic E-state index is 0.282. The van der Waals surface area contributed by atoms with E-state index in [0.29, 0.717) is 5.70 Å². The zero-order chi connectivity index (χ0) is 8.27. The monoisotopic (exact) mass is 149 g/mol. The summed E-state index contributed by atoms with van der Waals surface area (Å²) in [6.07, 6.45) is 8.61. The van der Waals surface area contributed by atoms with E-state index in [4.69, 9.17) is 5.73 Å². The maximum absolute atomic E-state index is 9.24. The van der Waals surface area contributed by atoms with Crippen molar-refractivity contribution >= 4 is 0 Å². The highest BCUT2D eigenvalue weighted by molar-refractivity contribution is 5.35. The molecule has 11 heavy (non-hydrogen) atoms. The van der Waals surface area contributed by atoms with Gasteiger partial charge in [-0.2, -0.15) is 0 Å². The van der Waals surface area contributed by atoms with E-state index in [1.54, 1.807) is 30.4 Å². The Labute approximate surface area is 66.0 Å². The smallest absolute Gasteiger partial charge is 0.118 e. The Morgan fingerprint density at radius 1 is 1.27 bits per heavy atom. The highest BCUT2D eigenvalue weighted by Gasteiger charge is 1.93. The van der Waals surface area contributed by atoms with E-state index >= 15 is 0 Å². The summed E-state index contributed by atoms with van der Waals surface area (Å²) in [5, 5.41) is 9.24. The topological polar surface area (TPSA) is 46.2 Å². The van der Waals surface area contributed by atoms with Crippen LogP contribution in [0.3, 0.4) is 0 Å². The van der Waals surface area contributed by atoms with Crippen LogP contribution in [0.15, 0.2) is 47.4 Å². The summed E-state index contributed by atoms with van der Waals surface area (Å²) in [5.74, 6) is 0.282. The zero-order valence-electron chi connectivity index (χ0n) is 6.41. The standard InChI is InChI=1S/C9H11NO/c1-7-5-6-8(10)3-2-4-9(7)11/h2-6,11H,10H2,1H3/b3-2?,4-2-,6-5+,7-5?,8-3+,8-6?,9-4?,9-7-. The fourth-order valence-electron chi connectivity index (χ4n) is 0.744. The zero-order valence-corrected chi connectivity index (χ0v) is 6.41. The van der Waals surface area contributed by atoms with Crippen molar-refractivity contribution in [3.05, 3.63) is 47.4 Å². The lowest BCUT2D eigenvalue weighted by Gasteiger charge is -1.98. The van der Waals surface area contributed by atoms with Crippen molar-refractivity contribution in [2.45, 2.75) is 6.92 Å². The predicted molar refractivity (Wildman–Crippen MR) is 45.9 cm³/mol. The minimum atomic E-state index is 0.282. The number of rotatable bonds is 0. The van der Waals surface area contributed by atoms with E-state index in [-0.39, 0.29) is 5.76 Å². The van der Waals surface area contributed by atoms with Gasteiger partial charge in [-0.05, 0) is 30.7 Å². The van der Waals surface area contributed by atoms with Gasteiger partial charge in [0.15, 0.2) is 0 Å². The van der Waals surface area contributed by atoms with E-state index in [0.717, 1.165) is 5.57 Å². The van der Waals surface area contributed by atoms with Crippen LogP contribution in [0.2, 0.25) is 0 Å². The first-order chi connectivity index (χ1) is 5.20. The van der Waals surface area contributed by atoms with Crippen molar-refractivity contribution < 1.29 is 5.11 Å². The quantitative estimate of drug-likeness (QED) is 0.551. The number of aliphatic hydroxyl groups excluding tert-OH is 1. The molecule has 0 saturated heterocycles. The van der Waals surface area contributed by atoms with Crippen LogP contribution in [0.1, 0.15) is 6.92 Å². The van der Waals surface area contributed by atoms with Gasteiger partial charge < -0.3 is 10.8 Å². The first-order valence-electron chi connectivity index (χ1n) is 3.42. The molecule has 0 aromatic heterocycles. The first kappa shape index (κ1) is 7.66. The Balaban J connectivity index is 2.98. The van der Waals surface area contributed by atoms with Crippen LogP contribution in [-0.4, -0.2) is 5.11 Å². The van der Waals surface area contributed by atoms with Gasteiger partial charge in [0, 0.05) is 5.70 Å². The summed E-state index contributed by atoms with van der Waals surface area (Å²) >= 11 is 0. The van der Waals surface area contributed by atoms with Gasteiger partial charge in [0.1, 0.15) is 5.76 Å². The molecule has 2 heteroatoms. The molecule has 0 atom stereocenters. The lowest BCUT2D eigenvalue weighted by atomic mass is 10.2. The summed E-state index contributed by atoms with van der Waals surface area (Å²) in [7, 11) is 0. The third-order valence-electron chi connectivity index (χ3n) is 1.47. The predicted octanol–water partition coefficient (Wildman–Crippen LogP) is 1.79. The molecule has 0 saturated carbocycles. The van der Waals surface area contributed by atoms with E-state index in [2.05, 4.69) is 0 Å². The maximum Gasteiger partial charge on any atom is 0.118 e. The Morgan fingerprint density at radius 2 is 2.00 bits per heavy atom. The number of hydrogen-bond acceptors (Lipinski definition) is 2. The third-order valence-corrected chi connectivity index (χ3v) is 1.47. The maximum atomic E-state index is 9.24. The van der Waals surface area contributed by atoms with E-state index < -0.39 is 0 Å². The van der Waals surface area contributed by atoms with Gasteiger partial charge in [-0.1, -0.05) is 12.2 Å². The average Bonchev–Trinajstić information content (AvgIpc) is 1.98. The highest BCUT2D eigenvalue weighted by Crippen LogP contribution is 2.07. The van der Waals surface area contributed by atoms with Crippen molar-refractivity contribution in [1.29, 1.82) is 0 Å². The summed E-state index contributed by atoms with van der Waals surface area (Å²) in [6, 6.07) is 0. The molecule has 3 N–H and O–H groups in total. The molecule has 0 spiro atoms. The van der Waals surface area contributed by atoms with Crippen LogP contribution in [0.25, 0.3) is 0 Å². The van der Waals surface area contributed by atoms with E-state index in [9.17, 15) is 5.11 Å². The number of hydrogen-bond donors (Lipinski definition) is 2. The molecule has 0 fully saturated rings. The first-order valence-corrected chi connectivity index (χ1v) is 3.42. The molecule has 0 radical (unpaired) electrons. The summed E-state index contributed by atoms with van der Waals surface area (Å²) in [5.41, 5.74) is 7.04. The average molecular weight is 149 g/mol. The molecule has 0 aromatic carbocycles. The van der Waals surface area contributed by atoms with Crippen molar-refractivity contribution in [2.75, 3.05) is 0 Å². The lowest BCUT2D eigenvalue weighted by Crippen LogP contribution is -1.93. The largest absolute Gasteiger partial charge is 0.508 e. The van der Waals surface area contributed by atoms with Crippen LogP contribution in [0, 0.1) is 0 Å². The third kappa shape index (κ3) is 2.00. The van der Waals surface area contributed by atoms with Crippen molar-refractivity contribution in [3.63, 3.8) is 0 Å². The Hall–Kier alpha value is -1.44. The van der Waals surface area contributed by atoms with Gasteiger partial charge in [-0.3, -0.25) is 0 Å². The Kier molecular flexibility index (Phi) is 2.16. The molecular weight excluding hydrogens is 138 g/mol. The molecule has 0 aliphatic heterocycles. The molecule has 0 heterocycles. The molecule has 0 unspecified atom stereocenters. The fourth-order valence-corrected chi connectivity index (χ4v) is 0.744. The molecule has 0 aromatic rings. The summed E-state index contributed by atoms with van der Waals surface area (Å²) in [4.78, 5) is 0. The Morgan fingerprint density at radius 3 is 2.73 bits per heavy atom. The van der Waals surface area contributed by atoms with Gasteiger partial charge in [-0.25, -0.2) is 0 Å². The molecule has 2 nitrogen and oxygen atoms in total. The van der Waals surface area contributed by atoms with Crippen LogP contribution in [0.5, 0.6) is 0 Å². The van der Waals surface area contributed by atoms with Crippen LogP contribution in [-0.2, 0) is 0 Å². The fraction of sp³-hybridized carbons (Fsp3) is 0.111. The SMILES string of the molecule is CC1=C(O)\C=C/C=C(N)\C=C\1. The summed E-state index contributed by atoms with van der Waals surface area (Å²) < 4.78 is 0. The van der Waals surface area contributed by atoms with Gasteiger partial charge in [0.05, 0.1) is 0 Å². The van der Waals surface area contributed by atoms with E-state index in [1.165, 1.54) is 0 Å². The number of allylic oxidation sites excluding steroid dienone is 6. The van der Waals surface area contributed by atoms with Crippen molar-refractivity contribution in [2.24, 2.45) is 5.73 Å². The van der Waals surface area contributed by atoms with Crippen LogP contribution >= 0.6 is 0 Å². The second-order valence-electron chi connectivity index (χ2n) is 2.43. The van der Waals surface area contributed by atoms with Crippen molar-refractivity contribution in [1.82, 2.24) is 0 Å². The van der Waals surface area contributed by atoms with Gasteiger partial charge >= 0.3 is 0 Å². The molecule has 1 aliphatic carbocycles. The van der Waals surface area contributed by atoms with Crippen LogP contribution in [0.4, 0.5) is 0 Å². The molecule has 0 amide bonds. The summed E-state index contributed by atoms with van der Waals surface area (Å²) in [6.45, 7) is 1.83. The van der Waals surface area contributed by atoms with Crippen molar-refractivity contribution in [3.8, 4) is 0 Å². The second-order valence-corrected chi connectivity index (χ2v) is 2.43. The second kappa shape index (κ2) is 3.10. The van der Waals surface area contributed by atoms with E-state index in [1.807, 2.05) is 6.92 Å². The minimum Gasteiger partial charge on any atom is -0.508 e. The molecule has 1 rings (SSSR count). The van der Waals surface area contributed by atoms with Gasteiger partial charge in [0.2, 0.25) is 0 Å². The molecule has 1 aliphatic rings. The van der Waals surface area contributed by atoms with Gasteiger partial charge in [-0.15, -0.1) is 0 Å². The number of nitrogens with two attached hydrogens (primary N) is 1. The molecule has 0 bridgehead atoms. The normalized spacial score (nSPS) is 34.8. The lowest BCUT2D eigenvalue weighted by molar-refractivity contribution is 0.427. The number of aliphatic hydroxyl groups is 1.